The van der Waals surface area contributed by atoms with Crippen LogP contribution in [0.25, 0.3) is 16.9 Å². The van der Waals surface area contributed by atoms with Crippen molar-refractivity contribution >= 4 is 11.6 Å². The molecule has 1 aliphatic carbocycles. The Kier molecular flexibility index (Phi) is 4.69. The number of phenolic OH excluding ortho intramolecular Hbond substituents is 1. The van der Waals surface area contributed by atoms with Gasteiger partial charge in [-0.3, -0.25) is 4.79 Å². The van der Waals surface area contributed by atoms with Gasteiger partial charge in [-0.2, -0.15) is 5.10 Å². The lowest BCUT2D eigenvalue weighted by Crippen LogP contribution is -2.44. The molecule has 0 radical (unpaired) electrons. The quantitative estimate of drug-likeness (QED) is 0.452. The Balaban J connectivity index is 1.44. The molecule has 1 amide bonds. The highest BCUT2D eigenvalue weighted by Gasteiger charge is 2.55. The summed E-state index contributed by atoms with van der Waals surface area (Å²) < 4.78 is 7.12. The van der Waals surface area contributed by atoms with Gasteiger partial charge in [-0.05, 0) is 66.4 Å². The first kappa shape index (κ1) is 20.5. The molecule has 1 saturated carbocycles. The molecule has 1 aromatic heterocycles. The summed E-state index contributed by atoms with van der Waals surface area (Å²) in [6.07, 6.45) is 4.37. The molecule has 0 saturated heterocycles. The van der Waals surface area contributed by atoms with Crippen LogP contribution in [0.3, 0.4) is 0 Å². The van der Waals surface area contributed by atoms with Crippen LogP contribution in [0.5, 0.6) is 11.5 Å². The van der Waals surface area contributed by atoms with E-state index in [0.717, 1.165) is 53.1 Å². The number of nitrogens with zero attached hydrogens (tertiary/aromatic N) is 3. The van der Waals surface area contributed by atoms with Gasteiger partial charge in [0.05, 0.1) is 42.3 Å². The Bertz CT molecular complexity index is 1370. The number of hydrogen-bond acceptors (Lipinski definition) is 4. The zero-order valence-corrected chi connectivity index (χ0v) is 18.9. The molecule has 1 N–H and O–H groups in total. The first-order valence-corrected chi connectivity index (χ1v) is 11.5. The number of fused-ring (bicyclic) bond motifs is 2. The number of phenols is 1. The Labute approximate surface area is 198 Å². The highest BCUT2D eigenvalue weighted by Crippen LogP contribution is 2.57. The Morgan fingerprint density at radius 3 is 2.47 bits per heavy atom. The largest absolute Gasteiger partial charge is 0.506 e. The van der Waals surface area contributed by atoms with E-state index in [1.54, 1.807) is 24.3 Å². The SMILES string of the molecule is COc1ccc(CN2C(=O)C3(CCC3)c3cc(-c4ccnn4-c4ccccc4)cc(O)c32)cc1. The standard InChI is InChI=1S/C28H25N3O3/c1-34-22-10-8-19(9-11-22)18-30-26-23(28(27(30)33)13-5-14-28)16-20(17-25(26)32)24-12-15-29-31(24)21-6-3-2-4-7-21/h2-4,6-12,15-17,32H,5,13-14,18H2,1H3. The minimum atomic E-state index is -0.549. The Morgan fingerprint density at radius 1 is 1.03 bits per heavy atom. The molecule has 34 heavy (non-hydrogen) atoms. The number of amides is 1. The maximum absolute atomic E-state index is 13.7. The molecule has 4 aromatic rings. The summed E-state index contributed by atoms with van der Waals surface area (Å²) >= 11 is 0. The second kappa shape index (κ2) is 7.76. The van der Waals surface area contributed by atoms with Gasteiger partial charge in [0.15, 0.2) is 0 Å². The van der Waals surface area contributed by atoms with E-state index in [9.17, 15) is 9.90 Å². The zero-order valence-electron chi connectivity index (χ0n) is 18.9. The number of methoxy groups -OCH3 is 1. The summed E-state index contributed by atoms with van der Waals surface area (Å²) in [5.74, 6) is 0.974. The van der Waals surface area contributed by atoms with Crippen LogP contribution in [0.15, 0.2) is 79.0 Å². The van der Waals surface area contributed by atoms with Gasteiger partial charge in [-0.25, -0.2) is 4.68 Å². The van der Waals surface area contributed by atoms with E-state index < -0.39 is 5.41 Å². The van der Waals surface area contributed by atoms with Gasteiger partial charge in [-0.1, -0.05) is 36.8 Å². The van der Waals surface area contributed by atoms with Crippen molar-refractivity contribution in [1.29, 1.82) is 0 Å². The summed E-state index contributed by atoms with van der Waals surface area (Å²) in [6, 6.07) is 23.4. The highest BCUT2D eigenvalue weighted by molar-refractivity contribution is 6.10. The number of rotatable bonds is 5. The topological polar surface area (TPSA) is 67.6 Å². The molecular weight excluding hydrogens is 426 g/mol. The van der Waals surface area contributed by atoms with Crippen LogP contribution in [-0.4, -0.2) is 27.9 Å². The van der Waals surface area contributed by atoms with Gasteiger partial charge >= 0.3 is 0 Å². The predicted octanol–water partition coefficient (Wildman–Crippen LogP) is 5.22. The molecule has 1 aliphatic heterocycles. The number of ether oxygens (including phenoxy) is 1. The van der Waals surface area contributed by atoms with Crippen LogP contribution in [0.4, 0.5) is 5.69 Å². The summed E-state index contributed by atoms with van der Waals surface area (Å²) in [5, 5.41) is 15.7. The van der Waals surface area contributed by atoms with E-state index in [1.165, 1.54) is 0 Å². The summed E-state index contributed by atoms with van der Waals surface area (Å²) in [7, 11) is 1.63. The van der Waals surface area contributed by atoms with E-state index in [0.29, 0.717) is 12.2 Å². The van der Waals surface area contributed by atoms with Crippen LogP contribution in [0.2, 0.25) is 0 Å². The van der Waals surface area contributed by atoms with Crippen molar-refractivity contribution in [3.63, 3.8) is 0 Å². The van der Waals surface area contributed by atoms with Crippen molar-refractivity contribution in [3.8, 4) is 28.4 Å². The van der Waals surface area contributed by atoms with Gasteiger partial charge in [0.25, 0.3) is 0 Å². The molecule has 0 atom stereocenters. The third-order valence-electron chi connectivity index (χ3n) is 7.18. The van der Waals surface area contributed by atoms with E-state index >= 15 is 0 Å². The van der Waals surface area contributed by atoms with Crippen LogP contribution >= 0.6 is 0 Å². The molecule has 3 aromatic carbocycles. The summed E-state index contributed by atoms with van der Waals surface area (Å²) in [4.78, 5) is 15.5. The first-order valence-electron chi connectivity index (χ1n) is 11.5. The van der Waals surface area contributed by atoms with Gasteiger partial charge < -0.3 is 14.7 Å². The van der Waals surface area contributed by atoms with E-state index in [-0.39, 0.29) is 11.7 Å². The number of aromatic hydroxyl groups is 1. The number of hydrogen-bond donors (Lipinski definition) is 1. The minimum absolute atomic E-state index is 0.0774. The maximum Gasteiger partial charge on any atom is 0.238 e. The molecule has 2 aliphatic rings. The highest BCUT2D eigenvalue weighted by atomic mass is 16.5. The van der Waals surface area contributed by atoms with Crippen LogP contribution < -0.4 is 9.64 Å². The van der Waals surface area contributed by atoms with Crippen molar-refractivity contribution in [1.82, 2.24) is 9.78 Å². The third-order valence-corrected chi connectivity index (χ3v) is 7.18. The number of carbonyl (C=O) groups excluding carboxylic acids is 1. The van der Waals surface area contributed by atoms with E-state index in [2.05, 4.69) is 11.2 Å². The monoisotopic (exact) mass is 451 g/mol. The lowest BCUT2D eigenvalue weighted by Gasteiger charge is -2.37. The number of benzene rings is 3. The third kappa shape index (κ3) is 3.02. The van der Waals surface area contributed by atoms with Gasteiger partial charge in [0.2, 0.25) is 5.91 Å². The smallest absolute Gasteiger partial charge is 0.238 e. The second-order valence-corrected chi connectivity index (χ2v) is 9.03. The van der Waals surface area contributed by atoms with Crippen LogP contribution in [0, 0.1) is 0 Å². The molecule has 1 fully saturated rings. The molecule has 0 bridgehead atoms. The van der Waals surface area contributed by atoms with Crippen LogP contribution in [-0.2, 0) is 16.8 Å². The predicted molar refractivity (Wildman–Crippen MR) is 130 cm³/mol. The normalized spacial score (nSPS) is 15.9. The molecule has 170 valence electrons. The van der Waals surface area contributed by atoms with Crippen molar-refractivity contribution in [2.45, 2.75) is 31.2 Å². The fourth-order valence-corrected chi connectivity index (χ4v) is 5.27. The first-order chi connectivity index (χ1) is 16.6. The lowest BCUT2D eigenvalue weighted by atomic mass is 9.65. The Morgan fingerprint density at radius 2 is 1.79 bits per heavy atom. The molecule has 1 spiro atoms. The van der Waals surface area contributed by atoms with E-state index in [1.807, 2.05) is 65.3 Å². The summed E-state index contributed by atoms with van der Waals surface area (Å²) in [5.41, 5.74) is 4.67. The van der Waals surface area contributed by atoms with Crippen LogP contribution in [0.1, 0.15) is 30.4 Å². The minimum Gasteiger partial charge on any atom is -0.506 e. The lowest BCUT2D eigenvalue weighted by molar-refractivity contribution is -0.126. The fourth-order valence-electron chi connectivity index (χ4n) is 5.27. The summed E-state index contributed by atoms with van der Waals surface area (Å²) in [6.45, 7) is 0.409. The maximum atomic E-state index is 13.7. The molecular formula is C28H25N3O3. The van der Waals surface area contributed by atoms with E-state index in [4.69, 9.17) is 4.74 Å². The molecule has 2 heterocycles. The van der Waals surface area contributed by atoms with Gasteiger partial charge in [0, 0.05) is 5.56 Å². The van der Waals surface area contributed by atoms with Crippen molar-refractivity contribution in [2.24, 2.45) is 0 Å². The Hall–Kier alpha value is -4.06. The van der Waals surface area contributed by atoms with Crippen molar-refractivity contribution < 1.29 is 14.6 Å². The fraction of sp³-hybridized carbons (Fsp3) is 0.214. The number of anilines is 1. The average Bonchev–Trinajstić information content (AvgIpc) is 3.42. The average molecular weight is 452 g/mol. The number of aromatic nitrogens is 2. The van der Waals surface area contributed by atoms with Crippen molar-refractivity contribution in [2.75, 3.05) is 12.0 Å². The molecule has 6 nitrogen and oxygen atoms in total. The number of carbonyl (C=O) groups is 1. The molecule has 0 unspecified atom stereocenters. The van der Waals surface area contributed by atoms with Crippen molar-refractivity contribution in [3.05, 3.63) is 90.1 Å². The van der Waals surface area contributed by atoms with Gasteiger partial charge in [-0.15, -0.1) is 0 Å². The molecule has 6 heteroatoms. The van der Waals surface area contributed by atoms with Gasteiger partial charge in [0.1, 0.15) is 11.5 Å². The number of para-hydroxylation sites is 1. The zero-order chi connectivity index (χ0) is 23.3. The second-order valence-electron chi connectivity index (χ2n) is 9.03. The molecule has 6 rings (SSSR count).